The summed E-state index contributed by atoms with van der Waals surface area (Å²) in [6.45, 7) is 16.4. The van der Waals surface area contributed by atoms with Crippen molar-refractivity contribution in [1.82, 2.24) is 19.4 Å². The summed E-state index contributed by atoms with van der Waals surface area (Å²) in [6, 6.07) is 6.96. The van der Waals surface area contributed by atoms with Crippen LogP contribution in [0.4, 0.5) is 0 Å². The molecule has 2 aliphatic rings. The Morgan fingerprint density at radius 1 is 1.00 bits per heavy atom. The van der Waals surface area contributed by atoms with Gasteiger partial charge in [0.15, 0.2) is 0 Å². The Balaban J connectivity index is 1.55. The fourth-order valence-electron chi connectivity index (χ4n) is 5.73. The number of hydrogen-bond donors (Lipinski definition) is 0. The van der Waals surface area contributed by atoms with Gasteiger partial charge in [-0.15, -0.1) is 0 Å². The van der Waals surface area contributed by atoms with Gasteiger partial charge in [0.1, 0.15) is 5.82 Å². The third-order valence-electron chi connectivity index (χ3n) is 8.50. The van der Waals surface area contributed by atoms with E-state index in [1.807, 2.05) is 6.07 Å². The summed E-state index contributed by atoms with van der Waals surface area (Å²) in [4.78, 5) is 23.5. The number of benzene rings is 1. The van der Waals surface area contributed by atoms with E-state index in [0.717, 1.165) is 62.0 Å². The summed E-state index contributed by atoms with van der Waals surface area (Å²) in [7, 11) is 0. The average Bonchev–Trinajstić information content (AvgIpc) is 3.15. The number of rotatable bonds is 12. The number of carbonyl (C=O) groups is 1. The van der Waals surface area contributed by atoms with E-state index in [2.05, 4.69) is 61.1 Å². The van der Waals surface area contributed by atoms with Crippen molar-refractivity contribution in [3.63, 3.8) is 0 Å². The number of aryl methyl sites for hydroxylation is 1. The second-order valence-electron chi connectivity index (χ2n) is 12.3. The van der Waals surface area contributed by atoms with Crippen LogP contribution in [0.1, 0.15) is 115 Å². The minimum absolute atomic E-state index is 0.179. The van der Waals surface area contributed by atoms with Gasteiger partial charge in [-0.25, -0.2) is 4.98 Å². The summed E-state index contributed by atoms with van der Waals surface area (Å²) < 4.78 is 2.47. The minimum atomic E-state index is 0.179. The summed E-state index contributed by atoms with van der Waals surface area (Å²) in [5.41, 5.74) is 3.03. The number of nitrogens with zero attached hydrogens (tertiary/aromatic N) is 4. The molecule has 36 heavy (non-hydrogen) atoms. The van der Waals surface area contributed by atoms with Crippen molar-refractivity contribution < 1.29 is 4.79 Å². The van der Waals surface area contributed by atoms with Crippen molar-refractivity contribution in [3.8, 4) is 0 Å². The van der Waals surface area contributed by atoms with Crippen molar-refractivity contribution in [2.24, 2.45) is 11.8 Å². The number of fused-ring (bicyclic) bond motifs is 1. The summed E-state index contributed by atoms with van der Waals surface area (Å²) >= 11 is 0. The van der Waals surface area contributed by atoms with Crippen LogP contribution < -0.4 is 0 Å². The first-order chi connectivity index (χ1) is 17.3. The van der Waals surface area contributed by atoms with E-state index < -0.39 is 0 Å². The van der Waals surface area contributed by atoms with Gasteiger partial charge < -0.3 is 14.4 Å². The van der Waals surface area contributed by atoms with E-state index in [4.69, 9.17) is 4.98 Å². The van der Waals surface area contributed by atoms with Crippen molar-refractivity contribution in [2.45, 2.75) is 111 Å². The molecule has 1 aromatic carbocycles. The number of amides is 1. The predicted molar refractivity (Wildman–Crippen MR) is 151 cm³/mol. The first-order valence-electron chi connectivity index (χ1n) is 14.9. The third-order valence-corrected chi connectivity index (χ3v) is 8.50. The van der Waals surface area contributed by atoms with Crippen LogP contribution in [0.3, 0.4) is 0 Å². The highest BCUT2D eigenvalue weighted by Crippen LogP contribution is 2.37. The summed E-state index contributed by atoms with van der Waals surface area (Å²) in [6.07, 6.45) is 11.1. The van der Waals surface area contributed by atoms with E-state index in [0.29, 0.717) is 23.8 Å². The Labute approximate surface area is 219 Å². The molecule has 4 rings (SSSR count). The van der Waals surface area contributed by atoms with Gasteiger partial charge in [0.25, 0.3) is 5.91 Å². The van der Waals surface area contributed by atoms with E-state index in [1.54, 1.807) is 0 Å². The maximum absolute atomic E-state index is 13.7. The second kappa shape index (κ2) is 12.6. The van der Waals surface area contributed by atoms with Crippen molar-refractivity contribution in [1.29, 1.82) is 0 Å². The maximum Gasteiger partial charge on any atom is 0.253 e. The average molecular weight is 495 g/mol. The largest absolute Gasteiger partial charge is 0.339 e. The van der Waals surface area contributed by atoms with Crippen molar-refractivity contribution in [3.05, 3.63) is 29.6 Å². The van der Waals surface area contributed by atoms with Crippen molar-refractivity contribution >= 4 is 16.9 Å². The molecular weight excluding hydrogens is 444 g/mol. The highest BCUT2D eigenvalue weighted by Gasteiger charge is 2.27. The van der Waals surface area contributed by atoms with Gasteiger partial charge in [-0.2, -0.15) is 0 Å². The Bertz CT molecular complexity index is 978. The van der Waals surface area contributed by atoms with Gasteiger partial charge in [-0.1, -0.05) is 40.5 Å². The molecule has 5 nitrogen and oxygen atoms in total. The zero-order valence-corrected chi connectivity index (χ0v) is 23.6. The van der Waals surface area contributed by atoms with Gasteiger partial charge in [0, 0.05) is 43.7 Å². The van der Waals surface area contributed by atoms with E-state index in [1.165, 1.54) is 50.9 Å². The standard InChI is InChI=1S/C31H50N4O/c1-23(2)15-20-34(21-16-24(3)4)31(36)27-13-14-28-29(22-27)35(30(32-28)26-11-8-12-26)19-9-18-33-17-7-6-10-25(33)5/h13-14,22-26H,6-12,15-21H2,1-5H3. The molecule has 200 valence electrons. The second-order valence-corrected chi connectivity index (χ2v) is 12.3. The fraction of sp³-hybridized carbons (Fsp3) is 0.742. The van der Waals surface area contributed by atoms with E-state index >= 15 is 0 Å². The van der Waals surface area contributed by atoms with Crippen molar-refractivity contribution in [2.75, 3.05) is 26.2 Å². The van der Waals surface area contributed by atoms with E-state index in [-0.39, 0.29) is 5.91 Å². The molecule has 0 N–H and O–H groups in total. The lowest BCUT2D eigenvalue weighted by molar-refractivity contribution is 0.0741. The molecule has 1 aliphatic carbocycles. The molecule has 0 spiro atoms. The zero-order chi connectivity index (χ0) is 25.7. The number of piperidine rings is 1. The van der Waals surface area contributed by atoms with Gasteiger partial charge in [0.2, 0.25) is 0 Å². The van der Waals surface area contributed by atoms with Crippen LogP contribution in [0.25, 0.3) is 11.0 Å². The van der Waals surface area contributed by atoms with Gasteiger partial charge in [0.05, 0.1) is 11.0 Å². The molecule has 2 aromatic rings. The molecule has 5 heteroatoms. The Morgan fingerprint density at radius 2 is 1.72 bits per heavy atom. The smallest absolute Gasteiger partial charge is 0.253 e. The van der Waals surface area contributed by atoms with Gasteiger partial charge in [-0.3, -0.25) is 4.79 Å². The lowest BCUT2D eigenvalue weighted by atomic mass is 9.85. The highest BCUT2D eigenvalue weighted by molar-refractivity contribution is 5.97. The Kier molecular flexibility index (Phi) is 9.49. The molecule has 1 aliphatic heterocycles. The first-order valence-corrected chi connectivity index (χ1v) is 14.9. The fourth-order valence-corrected chi connectivity index (χ4v) is 5.73. The zero-order valence-electron chi connectivity index (χ0n) is 23.6. The first kappa shape index (κ1) is 27.2. The normalized spacial score (nSPS) is 19.4. The number of aromatic nitrogens is 2. The van der Waals surface area contributed by atoms with E-state index in [9.17, 15) is 4.79 Å². The lowest BCUT2D eigenvalue weighted by Gasteiger charge is -2.33. The van der Waals surface area contributed by atoms with Crippen LogP contribution in [-0.4, -0.2) is 57.5 Å². The summed E-state index contributed by atoms with van der Waals surface area (Å²) in [5, 5.41) is 0. The van der Waals surface area contributed by atoms with Crippen LogP contribution in [0.15, 0.2) is 18.2 Å². The number of hydrogen-bond acceptors (Lipinski definition) is 3. The number of carbonyl (C=O) groups excluding carboxylic acids is 1. The monoisotopic (exact) mass is 494 g/mol. The molecular formula is C31H50N4O. The molecule has 1 atom stereocenters. The number of likely N-dealkylation sites (tertiary alicyclic amines) is 1. The molecule has 1 saturated heterocycles. The molecule has 1 unspecified atom stereocenters. The predicted octanol–water partition coefficient (Wildman–Crippen LogP) is 7.10. The molecule has 2 heterocycles. The molecule has 1 saturated carbocycles. The van der Waals surface area contributed by atoms with Gasteiger partial charge >= 0.3 is 0 Å². The molecule has 2 fully saturated rings. The lowest BCUT2D eigenvalue weighted by Crippen LogP contribution is -2.38. The minimum Gasteiger partial charge on any atom is -0.339 e. The Hall–Kier alpha value is -1.88. The van der Waals surface area contributed by atoms with Crippen LogP contribution >= 0.6 is 0 Å². The van der Waals surface area contributed by atoms with Crippen LogP contribution in [0.5, 0.6) is 0 Å². The van der Waals surface area contributed by atoms with Crippen LogP contribution in [-0.2, 0) is 6.54 Å². The molecule has 0 bridgehead atoms. The van der Waals surface area contributed by atoms with Gasteiger partial charge in [-0.05, 0) is 88.4 Å². The van der Waals surface area contributed by atoms with Crippen LogP contribution in [0.2, 0.25) is 0 Å². The maximum atomic E-state index is 13.7. The molecule has 1 amide bonds. The van der Waals surface area contributed by atoms with Crippen LogP contribution in [0, 0.1) is 11.8 Å². The molecule has 1 aromatic heterocycles. The topological polar surface area (TPSA) is 41.4 Å². The Morgan fingerprint density at radius 3 is 2.33 bits per heavy atom. The SMILES string of the molecule is CC(C)CCN(CCC(C)C)C(=O)c1ccc2nc(C3CCC3)n(CCCN3CCCCC3C)c2c1. The number of imidazole rings is 1. The highest BCUT2D eigenvalue weighted by atomic mass is 16.2. The molecule has 0 radical (unpaired) electrons. The summed E-state index contributed by atoms with van der Waals surface area (Å²) in [5.74, 6) is 3.20. The quantitative estimate of drug-likeness (QED) is 0.316. The third kappa shape index (κ3) is 6.70.